The summed E-state index contributed by atoms with van der Waals surface area (Å²) < 4.78 is 31.4. The summed E-state index contributed by atoms with van der Waals surface area (Å²) in [6.45, 7) is 3.15. The molecule has 2 aromatic rings. The van der Waals surface area contributed by atoms with E-state index in [1.54, 1.807) is 0 Å². The van der Waals surface area contributed by atoms with Gasteiger partial charge in [0, 0.05) is 17.7 Å². The lowest BCUT2D eigenvalue weighted by Gasteiger charge is -2.08. The van der Waals surface area contributed by atoms with Crippen LogP contribution in [0.4, 0.5) is 10.5 Å². The third-order valence-electron chi connectivity index (χ3n) is 4.17. The number of benzene rings is 2. The molecule has 182 valence electrons. The zero-order chi connectivity index (χ0) is 24.4. The summed E-state index contributed by atoms with van der Waals surface area (Å²) >= 11 is 0. The van der Waals surface area contributed by atoms with Crippen molar-refractivity contribution in [3.8, 4) is 18.1 Å². The summed E-state index contributed by atoms with van der Waals surface area (Å²) in [5.74, 6) is 2.74. The molecule has 2 rings (SSSR count). The van der Waals surface area contributed by atoms with Crippen LogP contribution in [0.5, 0.6) is 5.75 Å². The van der Waals surface area contributed by atoms with E-state index in [4.69, 9.17) is 34.8 Å². The second-order valence-electron chi connectivity index (χ2n) is 6.69. The number of hydrogen-bond acceptors (Lipinski definition) is 9. The van der Waals surface area contributed by atoms with Crippen LogP contribution in [0.3, 0.4) is 0 Å². The molecule has 0 fully saturated rings. The number of non-ortho nitro benzene ring substituents is 1. The largest absolute Gasteiger partial charge is 0.513 e. The Morgan fingerprint density at radius 3 is 2.03 bits per heavy atom. The van der Waals surface area contributed by atoms with Gasteiger partial charge in [0.2, 0.25) is 0 Å². The minimum atomic E-state index is -0.920. The van der Waals surface area contributed by atoms with Crippen molar-refractivity contribution in [2.45, 2.75) is 6.61 Å². The first-order valence-electron chi connectivity index (χ1n) is 10.5. The maximum Gasteiger partial charge on any atom is 0.513 e. The minimum Gasteiger partial charge on any atom is -0.432 e. The predicted octanol–water partition coefficient (Wildman–Crippen LogP) is 3.36. The first-order valence-corrected chi connectivity index (χ1v) is 10.5. The number of hydrogen-bond donors (Lipinski definition) is 0. The summed E-state index contributed by atoms with van der Waals surface area (Å²) in [5, 5.41) is 10.6. The Labute approximate surface area is 197 Å². The molecule has 0 amide bonds. The highest BCUT2D eigenvalue weighted by molar-refractivity contribution is 5.63. The minimum absolute atomic E-state index is 0.00194. The van der Waals surface area contributed by atoms with E-state index in [1.165, 1.54) is 24.3 Å². The van der Waals surface area contributed by atoms with E-state index >= 15 is 0 Å². The number of carbonyl (C=O) groups is 1. The van der Waals surface area contributed by atoms with E-state index < -0.39 is 11.1 Å². The van der Waals surface area contributed by atoms with E-state index in [0.29, 0.717) is 46.2 Å². The molecule has 0 aliphatic rings. The summed E-state index contributed by atoms with van der Waals surface area (Å²) in [4.78, 5) is 21.6. The fourth-order valence-corrected chi connectivity index (χ4v) is 2.55. The van der Waals surface area contributed by atoms with E-state index in [1.807, 2.05) is 24.3 Å². The van der Waals surface area contributed by atoms with Crippen LogP contribution >= 0.6 is 0 Å². The maximum absolute atomic E-state index is 11.5. The molecular weight excluding hydrogens is 446 g/mol. The Bertz CT molecular complexity index is 925. The molecule has 34 heavy (non-hydrogen) atoms. The quantitative estimate of drug-likeness (QED) is 0.0903. The molecule has 10 heteroatoms. The van der Waals surface area contributed by atoms with Gasteiger partial charge < -0.3 is 28.4 Å². The van der Waals surface area contributed by atoms with E-state index in [2.05, 4.69) is 5.92 Å². The Morgan fingerprint density at radius 1 is 0.853 bits per heavy atom. The van der Waals surface area contributed by atoms with E-state index in [0.717, 1.165) is 11.1 Å². The molecule has 0 N–H and O–H groups in total. The van der Waals surface area contributed by atoms with Crippen molar-refractivity contribution in [1.82, 2.24) is 0 Å². The zero-order valence-corrected chi connectivity index (χ0v) is 18.7. The number of terminal acetylenes is 1. The summed E-state index contributed by atoms with van der Waals surface area (Å²) in [6, 6.07) is 12.7. The topological polar surface area (TPSA) is 116 Å². The van der Waals surface area contributed by atoms with Gasteiger partial charge in [0.1, 0.15) is 12.4 Å². The first kappa shape index (κ1) is 26.8. The van der Waals surface area contributed by atoms with Crippen molar-refractivity contribution >= 4 is 11.8 Å². The summed E-state index contributed by atoms with van der Waals surface area (Å²) in [6.07, 6.45) is 4.45. The molecule has 0 aliphatic carbocycles. The predicted molar refractivity (Wildman–Crippen MR) is 122 cm³/mol. The highest BCUT2D eigenvalue weighted by Gasteiger charge is 2.09. The number of rotatable bonds is 16. The van der Waals surface area contributed by atoms with Crippen molar-refractivity contribution in [3.63, 3.8) is 0 Å². The van der Waals surface area contributed by atoms with E-state index in [9.17, 15) is 14.9 Å². The number of nitro benzene ring substituents is 1. The van der Waals surface area contributed by atoms with Crippen LogP contribution in [0, 0.1) is 22.5 Å². The molecule has 0 atom stereocenters. The molecule has 0 unspecified atom stereocenters. The second kappa shape index (κ2) is 16.2. The van der Waals surface area contributed by atoms with Crippen LogP contribution in [0.1, 0.15) is 11.1 Å². The fraction of sp³-hybridized carbons (Fsp3) is 0.375. The number of nitro groups is 1. The first-order chi connectivity index (χ1) is 16.6. The molecule has 0 saturated heterocycles. The zero-order valence-electron chi connectivity index (χ0n) is 18.7. The lowest BCUT2D eigenvalue weighted by atomic mass is 10.1. The third kappa shape index (κ3) is 11.4. The molecule has 0 heterocycles. The normalized spacial score (nSPS) is 10.4. The molecule has 0 bridgehead atoms. The second-order valence-corrected chi connectivity index (χ2v) is 6.69. The lowest BCUT2D eigenvalue weighted by Crippen LogP contribution is -2.16. The van der Waals surface area contributed by atoms with Gasteiger partial charge in [0.25, 0.3) is 5.69 Å². The van der Waals surface area contributed by atoms with Crippen LogP contribution in [-0.4, -0.2) is 63.9 Å². The van der Waals surface area contributed by atoms with Crippen molar-refractivity contribution in [2.75, 3.05) is 52.9 Å². The number of ether oxygens (including phenoxy) is 6. The van der Waals surface area contributed by atoms with Gasteiger partial charge in [-0.05, 0) is 29.8 Å². The third-order valence-corrected chi connectivity index (χ3v) is 4.17. The number of carbonyl (C=O) groups excluding carboxylic acids is 1. The number of nitrogens with zero attached hydrogens (tertiary/aromatic N) is 1. The van der Waals surface area contributed by atoms with Gasteiger partial charge >= 0.3 is 6.16 Å². The smallest absolute Gasteiger partial charge is 0.432 e. The van der Waals surface area contributed by atoms with Gasteiger partial charge in [0.15, 0.2) is 0 Å². The van der Waals surface area contributed by atoms with Crippen molar-refractivity contribution in [1.29, 1.82) is 0 Å². The van der Waals surface area contributed by atoms with Crippen molar-refractivity contribution in [2.24, 2.45) is 0 Å². The highest BCUT2D eigenvalue weighted by atomic mass is 16.7. The van der Waals surface area contributed by atoms with Gasteiger partial charge in [0.05, 0.1) is 57.8 Å². The SMILES string of the molecule is C#Cc1cccc(COCCOCCOCCOCCOC(=O)Oc2ccc([N+](=O)[O-])cc2)c1. The Kier molecular flexibility index (Phi) is 12.7. The average Bonchev–Trinajstić information content (AvgIpc) is 2.84. The lowest BCUT2D eigenvalue weighted by molar-refractivity contribution is -0.384. The van der Waals surface area contributed by atoms with Crippen LogP contribution < -0.4 is 4.74 Å². The van der Waals surface area contributed by atoms with Gasteiger partial charge in [-0.25, -0.2) is 4.79 Å². The molecule has 0 spiro atoms. The monoisotopic (exact) mass is 473 g/mol. The Balaban J connectivity index is 1.36. The van der Waals surface area contributed by atoms with Gasteiger partial charge in [-0.1, -0.05) is 18.1 Å². The van der Waals surface area contributed by atoms with Gasteiger partial charge in [-0.3, -0.25) is 10.1 Å². The Hall–Kier alpha value is -3.49. The molecule has 10 nitrogen and oxygen atoms in total. The van der Waals surface area contributed by atoms with Crippen LogP contribution in [0.25, 0.3) is 0 Å². The van der Waals surface area contributed by atoms with Crippen molar-refractivity contribution in [3.05, 3.63) is 69.8 Å². The Morgan fingerprint density at radius 2 is 1.44 bits per heavy atom. The fourth-order valence-electron chi connectivity index (χ4n) is 2.55. The van der Waals surface area contributed by atoms with Crippen LogP contribution in [0.15, 0.2) is 48.5 Å². The molecular formula is C24H27NO9. The summed E-state index contributed by atoms with van der Waals surface area (Å²) in [7, 11) is 0. The van der Waals surface area contributed by atoms with Gasteiger partial charge in [-0.15, -0.1) is 6.42 Å². The van der Waals surface area contributed by atoms with Crippen molar-refractivity contribution < 1.29 is 38.1 Å². The average molecular weight is 473 g/mol. The molecule has 0 saturated carbocycles. The highest BCUT2D eigenvalue weighted by Crippen LogP contribution is 2.17. The molecule has 2 aromatic carbocycles. The standard InChI is InChI=1S/C24H27NO9/c1-2-20-4-3-5-21(18-20)19-32-15-14-30-11-10-29-12-13-31-16-17-33-24(26)34-23-8-6-22(7-9-23)25(27)28/h1,3-9,18H,10-17,19H2. The molecule has 0 radical (unpaired) electrons. The van der Waals surface area contributed by atoms with E-state index in [-0.39, 0.29) is 24.7 Å². The molecule has 0 aliphatic heterocycles. The van der Waals surface area contributed by atoms with Gasteiger partial charge in [-0.2, -0.15) is 0 Å². The maximum atomic E-state index is 11.5. The van der Waals surface area contributed by atoms with Crippen LogP contribution in [0.2, 0.25) is 0 Å². The summed E-state index contributed by atoms with van der Waals surface area (Å²) in [5.41, 5.74) is 1.74. The molecule has 0 aromatic heterocycles. The van der Waals surface area contributed by atoms with Crippen LogP contribution in [-0.2, 0) is 30.3 Å².